The number of aliphatic hydroxyl groups is 1. The van der Waals surface area contributed by atoms with Gasteiger partial charge in [-0.2, -0.15) is 0 Å². The average Bonchev–Trinajstić information content (AvgIpc) is 2.74. The van der Waals surface area contributed by atoms with Gasteiger partial charge in [0.05, 0.1) is 23.1 Å². The first-order valence-corrected chi connectivity index (χ1v) is 10.3. The van der Waals surface area contributed by atoms with E-state index >= 15 is 0 Å². The molecule has 0 saturated heterocycles. The predicted molar refractivity (Wildman–Crippen MR) is 119 cm³/mol. The Hall–Kier alpha value is -3.19. The molecule has 1 aliphatic rings. The zero-order valence-electron chi connectivity index (χ0n) is 17.5. The number of fused-ring (bicyclic) bond motifs is 1. The summed E-state index contributed by atoms with van der Waals surface area (Å²) >= 11 is 0. The molecule has 7 nitrogen and oxygen atoms in total. The molecule has 3 aromatic rings. The first-order valence-electron chi connectivity index (χ1n) is 10.3. The number of rotatable bonds is 6. The SMILES string of the molecule is Cc1ccc(N2CCc3ncnc(N[C@H](CCO)c4ccc(C)nc4)c3C2)c(N)c1. The number of nitrogen functional groups attached to an aromatic ring is 1. The lowest BCUT2D eigenvalue weighted by Gasteiger charge is -2.32. The quantitative estimate of drug-likeness (QED) is 0.543. The van der Waals surface area contributed by atoms with Crippen molar-refractivity contribution < 1.29 is 5.11 Å². The summed E-state index contributed by atoms with van der Waals surface area (Å²) in [6, 6.07) is 10.1. The molecule has 30 heavy (non-hydrogen) atoms. The van der Waals surface area contributed by atoms with Gasteiger partial charge in [0.25, 0.3) is 0 Å². The number of benzene rings is 1. The monoisotopic (exact) mass is 404 g/mol. The lowest BCUT2D eigenvalue weighted by molar-refractivity contribution is 0.280. The van der Waals surface area contributed by atoms with E-state index in [1.54, 1.807) is 6.33 Å². The third kappa shape index (κ3) is 4.21. The highest BCUT2D eigenvalue weighted by atomic mass is 16.3. The van der Waals surface area contributed by atoms with Gasteiger partial charge < -0.3 is 21.1 Å². The Labute approximate surface area is 177 Å². The summed E-state index contributed by atoms with van der Waals surface area (Å²) in [6.45, 7) is 5.63. The van der Waals surface area contributed by atoms with E-state index in [2.05, 4.69) is 37.3 Å². The van der Waals surface area contributed by atoms with E-state index in [1.165, 1.54) is 0 Å². The van der Waals surface area contributed by atoms with Crippen molar-refractivity contribution in [3.8, 4) is 0 Å². The summed E-state index contributed by atoms with van der Waals surface area (Å²) in [5.74, 6) is 0.800. The maximum absolute atomic E-state index is 9.60. The molecule has 0 unspecified atom stereocenters. The second kappa shape index (κ2) is 8.67. The number of aromatic nitrogens is 3. The molecule has 1 atom stereocenters. The Morgan fingerprint density at radius 2 is 2.03 bits per heavy atom. The van der Waals surface area contributed by atoms with Gasteiger partial charge >= 0.3 is 0 Å². The van der Waals surface area contributed by atoms with Gasteiger partial charge in [0, 0.05) is 43.6 Å². The normalized spacial score (nSPS) is 14.3. The van der Waals surface area contributed by atoms with Crippen molar-refractivity contribution in [1.82, 2.24) is 15.0 Å². The number of pyridine rings is 1. The van der Waals surface area contributed by atoms with Gasteiger partial charge in [-0.15, -0.1) is 0 Å². The first kappa shape index (κ1) is 20.1. The molecule has 0 bridgehead atoms. The Balaban J connectivity index is 1.62. The van der Waals surface area contributed by atoms with Crippen LogP contribution in [0.1, 0.15) is 40.5 Å². The number of aliphatic hydroxyl groups excluding tert-OH is 1. The molecule has 0 amide bonds. The molecule has 4 rings (SSSR count). The van der Waals surface area contributed by atoms with Crippen molar-refractivity contribution in [3.05, 3.63) is 70.9 Å². The molecule has 1 aliphatic heterocycles. The van der Waals surface area contributed by atoms with Crippen LogP contribution in [0.3, 0.4) is 0 Å². The molecule has 3 heterocycles. The number of hydrogen-bond acceptors (Lipinski definition) is 7. The van der Waals surface area contributed by atoms with Crippen molar-refractivity contribution in [2.24, 2.45) is 0 Å². The summed E-state index contributed by atoms with van der Waals surface area (Å²) in [5.41, 5.74) is 13.4. The highest BCUT2D eigenvalue weighted by Gasteiger charge is 2.24. The van der Waals surface area contributed by atoms with Crippen LogP contribution in [0.25, 0.3) is 0 Å². The maximum atomic E-state index is 9.60. The minimum atomic E-state index is -0.0816. The van der Waals surface area contributed by atoms with Crippen LogP contribution in [0.5, 0.6) is 0 Å². The number of anilines is 3. The van der Waals surface area contributed by atoms with Crippen LogP contribution in [0, 0.1) is 13.8 Å². The smallest absolute Gasteiger partial charge is 0.135 e. The van der Waals surface area contributed by atoms with Crippen molar-refractivity contribution >= 4 is 17.2 Å². The third-order valence-corrected chi connectivity index (χ3v) is 5.59. The van der Waals surface area contributed by atoms with Gasteiger partial charge in [-0.05, 0) is 49.6 Å². The summed E-state index contributed by atoms with van der Waals surface area (Å²) in [6.07, 6.45) is 4.87. The van der Waals surface area contributed by atoms with Gasteiger partial charge in [0.2, 0.25) is 0 Å². The van der Waals surface area contributed by atoms with Crippen LogP contribution in [0.4, 0.5) is 17.2 Å². The van der Waals surface area contributed by atoms with Crippen LogP contribution < -0.4 is 16.0 Å². The molecule has 0 spiro atoms. The third-order valence-electron chi connectivity index (χ3n) is 5.59. The fourth-order valence-corrected chi connectivity index (χ4v) is 3.93. The molecule has 2 aromatic heterocycles. The molecule has 0 radical (unpaired) electrons. The first-order chi connectivity index (χ1) is 14.5. The summed E-state index contributed by atoms with van der Waals surface area (Å²) in [4.78, 5) is 15.7. The van der Waals surface area contributed by atoms with E-state index in [-0.39, 0.29) is 12.6 Å². The molecule has 0 aliphatic carbocycles. The van der Waals surface area contributed by atoms with Gasteiger partial charge in [-0.3, -0.25) is 4.98 Å². The van der Waals surface area contributed by atoms with E-state index in [4.69, 9.17) is 5.73 Å². The fourth-order valence-electron chi connectivity index (χ4n) is 3.93. The van der Waals surface area contributed by atoms with E-state index in [0.29, 0.717) is 13.0 Å². The summed E-state index contributed by atoms with van der Waals surface area (Å²) in [5, 5.41) is 13.1. The maximum Gasteiger partial charge on any atom is 0.135 e. The summed E-state index contributed by atoms with van der Waals surface area (Å²) < 4.78 is 0. The van der Waals surface area contributed by atoms with Crippen LogP contribution in [-0.4, -0.2) is 33.2 Å². The highest BCUT2D eigenvalue weighted by Crippen LogP contribution is 2.32. The standard InChI is InChI=1S/C23H28N6O/c1-15-3-6-22(19(24)11-15)29-9-7-21-18(13-29)23(27-14-26-21)28-20(8-10-30)17-5-4-16(2)25-12-17/h3-6,11-12,14,20,30H,7-10,13,24H2,1-2H3,(H,26,27,28)/t20-/m1/s1. The van der Waals surface area contributed by atoms with E-state index in [9.17, 15) is 5.11 Å². The van der Waals surface area contributed by atoms with Gasteiger partial charge in [-0.1, -0.05) is 12.1 Å². The van der Waals surface area contributed by atoms with Crippen LogP contribution in [-0.2, 0) is 13.0 Å². The number of nitrogens with zero attached hydrogens (tertiary/aromatic N) is 4. The van der Waals surface area contributed by atoms with Crippen LogP contribution >= 0.6 is 0 Å². The molecule has 4 N–H and O–H groups in total. The van der Waals surface area contributed by atoms with Crippen molar-refractivity contribution in [1.29, 1.82) is 0 Å². The molecule has 1 aromatic carbocycles. The number of nitrogens with two attached hydrogens (primary N) is 1. The largest absolute Gasteiger partial charge is 0.397 e. The average molecular weight is 405 g/mol. The zero-order chi connectivity index (χ0) is 21.1. The Morgan fingerprint density at radius 1 is 1.17 bits per heavy atom. The number of hydrogen-bond donors (Lipinski definition) is 3. The lowest BCUT2D eigenvalue weighted by Crippen LogP contribution is -2.32. The Morgan fingerprint density at radius 3 is 2.77 bits per heavy atom. The number of nitrogens with one attached hydrogen (secondary N) is 1. The van der Waals surface area contributed by atoms with Crippen molar-refractivity contribution in [2.45, 2.75) is 39.3 Å². The van der Waals surface area contributed by atoms with Gasteiger partial charge in [0.1, 0.15) is 12.1 Å². The van der Waals surface area contributed by atoms with E-state index in [0.717, 1.165) is 58.2 Å². The second-order valence-electron chi connectivity index (χ2n) is 7.82. The predicted octanol–water partition coefficient (Wildman–Crippen LogP) is 3.17. The molecule has 0 fully saturated rings. The van der Waals surface area contributed by atoms with Gasteiger partial charge in [0.15, 0.2) is 0 Å². The minimum absolute atomic E-state index is 0.0742. The topological polar surface area (TPSA) is 100 Å². The molecule has 7 heteroatoms. The second-order valence-corrected chi connectivity index (χ2v) is 7.82. The van der Waals surface area contributed by atoms with Crippen molar-refractivity contribution in [3.63, 3.8) is 0 Å². The van der Waals surface area contributed by atoms with Gasteiger partial charge in [-0.25, -0.2) is 9.97 Å². The minimum Gasteiger partial charge on any atom is -0.397 e. The lowest BCUT2D eigenvalue weighted by atomic mass is 10.0. The fraction of sp³-hybridized carbons (Fsp3) is 0.348. The molecule has 0 saturated carbocycles. The molecule has 156 valence electrons. The highest BCUT2D eigenvalue weighted by molar-refractivity contribution is 5.69. The Kier molecular flexibility index (Phi) is 5.81. The summed E-state index contributed by atoms with van der Waals surface area (Å²) in [7, 11) is 0. The van der Waals surface area contributed by atoms with E-state index in [1.807, 2.05) is 38.2 Å². The van der Waals surface area contributed by atoms with Crippen LogP contribution in [0.2, 0.25) is 0 Å². The van der Waals surface area contributed by atoms with E-state index < -0.39 is 0 Å². The van der Waals surface area contributed by atoms with Crippen molar-refractivity contribution in [2.75, 3.05) is 29.1 Å². The zero-order valence-corrected chi connectivity index (χ0v) is 17.5. The van der Waals surface area contributed by atoms with Crippen LogP contribution in [0.15, 0.2) is 42.9 Å². The molecular weight excluding hydrogens is 376 g/mol. The Bertz CT molecular complexity index is 1020. The number of aryl methyl sites for hydroxylation is 2. The molecular formula is C23H28N6O.